The summed E-state index contributed by atoms with van der Waals surface area (Å²) >= 11 is 0. The van der Waals surface area contributed by atoms with Gasteiger partial charge in [-0.05, 0) is 44.1 Å². The number of benzene rings is 1. The number of nitrogens with zero attached hydrogens (tertiary/aromatic N) is 4. The summed E-state index contributed by atoms with van der Waals surface area (Å²) in [5, 5.41) is 0.482. The third-order valence-corrected chi connectivity index (χ3v) is 4.40. The summed E-state index contributed by atoms with van der Waals surface area (Å²) in [6, 6.07) is 4.32. The van der Waals surface area contributed by atoms with Gasteiger partial charge >= 0.3 is 11.4 Å². The lowest BCUT2D eigenvalue weighted by Crippen LogP contribution is -2.31. The van der Waals surface area contributed by atoms with Crippen molar-refractivity contribution in [3.8, 4) is 0 Å². The van der Waals surface area contributed by atoms with E-state index < -0.39 is 17.2 Å². The Bertz CT molecular complexity index is 1040. The Morgan fingerprint density at radius 1 is 1.08 bits per heavy atom. The zero-order valence-electron chi connectivity index (χ0n) is 13.0. The monoisotopic (exact) mass is 329 g/mol. The molecule has 1 aliphatic heterocycles. The summed E-state index contributed by atoms with van der Waals surface area (Å²) in [6.45, 7) is 2.44. The second kappa shape index (κ2) is 5.79. The number of likely N-dealkylation sites (tertiary alicyclic amines) is 1. The van der Waals surface area contributed by atoms with E-state index in [9.17, 15) is 14.0 Å². The first-order chi connectivity index (χ1) is 11.6. The van der Waals surface area contributed by atoms with E-state index in [1.165, 1.54) is 18.6 Å². The zero-order chi connectivity index (χ0) is 16.7. The summed E-state index contributed by atoms with van der Waals surface area (Å²) in [7, 11) is 0. The molecule has 1 N–H and O–H groups in total. The van der Waals surface area contributed by atoms with Crippen LogP contribution < -0.4 is 11.4 Å². The Kier molecular flexibility index (Phi) is 3.61. The number of rotatable bonds is 2. The van der Waals surface area contributed by atoms with E-state index >= 15 is 0 Å². The van der Waals surface area contributed by atoms with Gasteiger partial charge in [0.15, 0.2) is 5.65 Å². The minimum atomic E-state index is -0.788. The molecule has 3 heterocycles. The lowest BCUT2D eigenvalue weighted by atomic mass is 10.1. The maximum absolute atomic E-state index is 13.7. The van der Waals surface area contributed by atoms with Crippen LogP contribution in [0, 0.1) is 5.82 Å². The van der Waals surface area contributed by atoms with Crippen LogP contribution in [-0.4, -0.2) is 37.5 Å². The number of hydrogen-bond donors (Lipinski definition) is 1. The van der Waals surface area contributed by atoms with E-state index in [0.717, 1.165) is 25.9 Å². The van der Waals surface area contributed by atoms with Gasteiger partial charge in [0.05, 0.1) is 12.2 Å². The highest BCUT2D eigenvalue weighted by Gasteiger charge is 2.18. The highest BCUT2D eigenvalue weighted by molar-refractivity contribution is 6.03. The Labute approximate surface area is 135 Å². The maximum atomic E-state index is 13.7. The van der Waals surface area contributed by atoms with Crippen molar-refractivity contribution in [3.05, 3.63) is 45.0 Å². The molecule has 1 fully saturated rings. The Hall–Kier alpha value is -2.61. The van der Waals surface area contributed by atoms with Gasteiger partial charge in [0, 0.05) is 5.39 Å². The SMILES string of the molecule is O=c1nc2c3cc(F)ccc3n(CN3CCCCC3)c2nc(=O)[nH]1. The quantitative estimate of drug-likeness (QED) is 0.764. The Balaban J connectivity index is 2.01. The second-order valence-corrected chi connectivity index (χ2v) is 6.04. The van der Waals surface area contributed by atoms with Crippen molar-refractivity contribution in [1.29, 1.82) is 0 Å². The minimum absolute atomic E-state index is 0.241. The molecule has 4 rings (SSSR count). The van der Waals surface area contributed by atoms with Crippen LogP contribution >= 0.6 is 0 Å². The number of aromatic amines is 1. The predicted octanol–water partition coefficient (Wildman–Crippen LogP) is 1.22. The minimum Gasteiger partial charge on any atom is -0.310 e. The topological polar surface area (TPSA) is 83.9 Å². The molecule has 0 spiro atoms. The lowest BCUT2D eigenvalue weighted by Gasteiger charge is -2.27. The molecule has 2 aromatic heterocycles. The third-order valence-electron chi connectivity index (χ3n) is 4.40. The fourth-order valence-corrected chi connectivity index (χ4v) is 3.31. The van der Waals surface area contributed by atoms with E-state index in [2.05, 4.69) is 19.9 Å². The van der Waals surface area contributed by atoms with Crippen LogP contribution in [0.5, 0.6) is 0 Å². The van der Waals surface area contributed by atoms with Crippen molar-refractivity contribution in [3.63, 3.8) is 0 Å². The van der Waals surface area contributed by atoms with Crippen molar-refractivity contribution in [2.45, 2.75) is 25.9 Å². The van der Waals surface area contributed by atoms with Crippen LogP contribution in [0.2, 0.25) is 0 Å². The van der Waals surface area contributed by atoms with Gasteiger partial charge in [0.2, 0.25) is 0 Å². The van der Waals surface area contributed by atoms with Crippen molar-refractivity contribution >= 4 is 22.1 Å². The highest BCUT2D eigenvalue weighted by Crippen LogP contribution is 2.26. The molecular weight excluding hydrogens is 313 g/mol. The highest BCUT2D eigenvalue weighted by atomic mass is 19.1. The summed E-state index contributed by atoms with van der Waals surface area (Å²) < 4.78 is 15.5. The van der Waals surface area contributed by atoms with Gasteiger partial charge in [-0.2, -0.15) is 9.97 Å². The van der Waals surface area contributed by atoms with Crippen LogP contribution in [0.4, 0.5) is 4.39 Å². The standard InChI is InChI=1S/C16H16FN5O2/c17-10-4-5-12-11(8-10)13-14(19-16(24)20-15(23)18-13)22(12)9-21-6-2-1-3-7-21/h4-5,8H,1-3,6-7,9H2,(H,20,23,24). The van der Waals surface area contributed by atoms with E-state index in [1.807, 2.05) is 4.57 Å². The van der Waals surface area contributed by atoms with Crippen molar-refractivity contribution in [2.24, 2.45) is 0 Å². The first-order valence-electron chi connectivity index (χ1n) is 7.94. The van der Waals surface area contributed by atoms with E-state index in [-0.39, 0.29) is 5.52 Å². The lowest BCUT2D eigenvalue weighted by molar-refractivity contribution is 0.187. The smallest absolute Gasteiger partial charge is 0.310 e. The molecule has 1 saturated heterocycles. The number of fused-ring (bicyclic) bond motifs is 3. The van der Waals surface area contributed by atoms with Gasteiger partial charge in [-0.15, -0.1) is 0 Å². The first kappa shape index (κ1) is 14.9. The summed E-state index contributed by atoms with van der Waals surface area (Å²) in [5.41, 5.74) is -0.300. The van der Waals surface area contributed by atoms with Gasteiger partial charge in [-0.3, -0.25) is 9.88 Å². The number of hydrogen-bond acceptors (Lipinski definition) is 5. The maximum Gasteiger partial charge on any atom is 0.351 e. The van der Waals surface area contributed by atoms with Crippen LogP contribution in [-0.2, 0) is 6.67 Å². The average Bonchev–Trinajstić information content (AvgIpc) is 2.72. The van der Waals surface area contributed by atoms with Gasteiger partial charge in [-0.25, -0.2) is 14.0 Å². The molecule has 0 amide bonds. The average molecular weight is 329 g/mol. The first-order valence-corrected chi connectivity index (χ1v) is 7.94. The summed E-state index contributed by atoms with van der Waals surface area (Å²) in [4.78, 5) is 35.7. The molecule has 1 aromatic carbocycles. The Morgan fingerprint density at radius 2 is 1.83 bits per heavy atom. The van der Waals surface area contributed by atoms with Gasteiger partial charge in [0.1, 0.15) is 11.3 Å². The largest absolute Gasteiger partial charge is 0.351 e. The van der Waals surface area contributed by atoms with E-state index in [1.54, 1.807) is 6.07 Å². The second-order valence-electron chi connectivity index (χ2n) is 6.04. The van der Waals surface area contributed by atoms with Gasteiger partial charge in [0.25, 0.3) is 0 Å². The molecule has 8 heteroatoms. The van der Waals surface area contributed by atoms with Crippen LogP contribution in [0.25, 0.3) is 22.1 Å². The van der Waals surface area contributed by atoms with Crippen LogP contribution in [0.3, 0.4) is 0 Å². The molecule has 0 aliphatic carbocycles. The summed E-state index contributed by atoms with van der Waals surface area (Å²) in [5.74, 6) is -0.424. The number of aromatic nitrogens is 4. The van der Waals surface area contributed by atoms with E-state index in [4.69, 9.17) is 0 Å². The van der Waals surface area contributed by atoms with Crippen molar-refractivity contribution in [1.82, 2.24) is 24.4 Å². The number of H-pyrrole nitrogens is 1. The van der Waals surface area contributed by atoms with Crippen LogP contribution in [0.1, 0.15) is 19.3 Å². The zero-order valence-corrected chi connectivity index (χ0v) is 13.0. The molecule has 3 aromatic rings. The number of piperidine rings is 1. The molecule has 0 atom stereocenters. The van der Waals surface area contributed by atoms with Crippen LogP contribution in [0.15, 0.2) is 27.8 Å². The van der Waals surface area contributed by atoms with Gasteiger partial charge in [-0.1, -0.05) is 6.42 Å². The van der Waals surface area contributed by atoms with E-state index in [0.29, 0.717) is 23.2 Å². The summed E-state index contributed by atoms with van der Waals surface area (Å²) in [6.07, 6.45) is 3.45. The number of nitrogens with one attached hydrogen (secondary N) is 1. The fraction of sp³-hybridized carbons (Fsp3) is 0.375. The molecule has 0 radical (unpaired) electrons. The van der Waals surface area contributed by atoms with Crippen molar-refractivity contribution < 1.29 is 4.39 Å². The molecule has 0 unspecified atom stereocenters. The number of halogens is 1. The fourth-order valence-electron chi connectivity index (χ4n) is 3.31. The Morgan fingerprint density at radius 3 is 2.62 bits per heavy atom. The van der Waals surface area contributed by atoms with Crippen molar-refractivity contribution in [2.75, 3.05) is 13.1 Å². The van der Waals surface area contributed by atoms with Gasteiger partial charge < -0.3 is 4.57 Å². The predicted molar refractivity (Wildman–Crippen MR) is 87.3 cm³/mol. The molecule has 124 valence electrons. The third kappa shape index (κ3) is 2.58. The molecule has 0 saturated carbocycles. The molecule has 7 nitrogen and oxygen atoms in total. The molecule has 24 heavy (non-hydrogen) atoms. The molecule has 0 bridgehead atoms. The molecular formula is C16H16FN5O2. The normalized spacial score (nSPS) is 16.0. The molecule has 1 aliphatic rings.